The summed E-state index contributed by atoms with van der Waals surface area (Å²) in [6.07, 6.45) is 1.39. The van der Waals surface area contributed by atoms with Crippen LogP contribution < -0.4 is 10.5 Å². The summed E-state index contributed by atoms with van der Waals surface area (Å²) >= 11 is 0. The van der Waals surface area contributed by atoms with Crippen LogP contribution >= 0.6 is 0 Å². The lowest BCUT2D eigenvalue weighted by atomic mass is 10.2. The first kappa shape index (κ1) is 15.7. The van der Waals surface area contributed by atoms with Gasteiger partial charge in [-0.15, -0.1) is 0 Å². The molecule has 0 saturated heterocycles. The lowest BCUT2D eigenvalue weighted by Crippen LogP contribution is -2.29. The number of sulfonamides is 1. The highest BCUT2D eigenvalue weighted by Gasteiger charge is 2.20. The Morgan fingerprint density at radius 3 is 2.37 bits per heavy atom. The fraction of sp³-hybridized carbons (Fsp3) is 0.583. The molecule has 0 atom stereocenters. The minimum absolute atomic E-state index is 0.0321. The number of nitrogens with one attached hydrogen (secondary N) is 1. The Morgan fingerprint density at radius 1 is 1.37 bits per heavy atom. The van der Waals surface area contributed by atoms with E-state index in [1.165, 1.54) is 12.3 Å². The summed E-state index contributed by atoms with van der Waals surface area (Å²) in [7, 11) is -3.80. The molecule has 3 N–H and O–H groups in total. The molecule has 1 aromatic rings. The van der Waals surface area contributed by atoms with E-state index < -0.39 is 10.0 Å². The Morgan fingerprint density at radius 2 is 1.95 bits per heavy atom. The summed E-state index contributed by atoms with van der Waals surface area (Å²) in [6, 6.07) is 1.28. The topological polar surface area (TPSA) is 94.2 Å². The fourth-order valence-corrected chi connectivity index (χ4v) is 2.14. The number of aromatic nitrogens is 1. The average molecular weight is 287 g/mol. The number of nitrogens with two attached hydrogens (primary N) is 1. The third-order valence-electron chi connectivity index (χ3n) is 2.61. The van der Waals surface area contributed by atoms with Crippen molar-refractivity contribution in [2.24, 2.45) is 11.1 Å². The fourth-order valence-electron chi connectivity index (χ4n) is 1.61. The Bertz CT molecular complexity index is 559. The second-order valence-corrected chi connectivity index (χ2v) is 6.77. The molecule has 1 aromatic heterocycles. The van der Waals surface area contributed by atoms with Crippen LogP contribution in [0.2, 0.25) is 0 Å². The average Bonchev–Trinajstić information content (AvgIpc) is 2.70. The molecule has 0 spiro atoms. The Labute approximate surface area is 114 Å². The van der Waals surface area contributed by atoms with Crippen LogP contribution in [0.4, 0.5) is 0 Å². The maximum atomic E-state index is 12.0. The van der Waals surface area contributed by atoms with E-state index in [0.29, 0.717) is 18.2 Å². The molecule has 6 nitrogen and oxygen atoms in total. The standard InChI is InChI=1S/C12H21N3O3S/c1-8(2)6-14-12(16)11-5-10(19(13,17)18)7-15(11)9(3)4/h5,7-9H,6H2,1-4H3,(H,14,16)(H2,13,17,18). The van der Waals surface area contributed by atoms with Crippen molar-refractivity contribution < 1.29 is 13.2 Å². The first-order valence-corrected chi connectivity index (χ1v) is 7.70. The normalized spacial score (nSPS) is 12.2. The number of amides is 1. The number of nitrogens with zero attached hydrogens (tertiary/aromatic N) is 1. The van der Waals surface area contributed by atoms with Gasteiger partial charge in [-0.05, 0) is 25.8 Å². The second kappa shape index (κ2) is 5.75. The third-order valence-corrected chi connectivity index (χ3v) is 3.49. The molecule has 0 aromatic carbocycles. The molecule has 19 heavy (non-hydrogen) atoms. The second-order valence-electron chi connectivity index (χ2n) is 5.21. The maximum absolute atomic E-state index is 12.0. The zero-order valence-corrected chi connectivity index (χ0v) is 12.5. The predicted octanol–water partition coefficient (Wildman–Crippen LogP) is 1.10. The third kappa shape index (κ3) is 4.07. The van der Waals surface area contributed by atoms with Gasteiger partial charge in [0.1, 0.15) is 10.6 Å². The van der Waals surface area contributed by atoms with Gasteiger partial charge in [-0.3, -0.25) is 4.79 Å². The quantitative estimate of drug-likeness (QED) is 0.849. The number of carbonyl (C=O) groups excluding carboxylic acids is 1. The molecule has 7 heteroatoms. The van der Waals surface area contributed by atoms with Crippen molar-refractivity contribution in [3.8, 4) is 0 Å². The van der Waals surface area contributed by atoms with Crippen molar-refractivity contribution in [2.75, 3.05) is 6.54 Å². The highest BCUT2D eigenvalue weighted by Crippen LogP contribution is 2.18. The molecule has 0 aliphatic rings. The van der Waals surface area contributed by atoms with Crippen LogP contribution in [0.5, 0.6) is 0 Å². The van der Waals surface area contributed by atoms with Gasteiger partial charge >= 0.3 is 0 Å². The van der Waals surface area contributed by atoms with E-state index >= 15 is 0 Å². The first-order valence-electron chi connectivity index (χ1n) is 6.15. The molecular weight excluding hydrogens is 266 g/mol. The van der Waals surface area contributed by atoms with Crippen molar-refractivity contribution in [2.45, 2.75) is 38.6 Å². The highest BCUT2D eigenvalue weighted by molar-refractivity contribution is 7.89. The Hall–Kier alpha value is -1.34. The van der Waals surface area contributed by atoms with Crippen LogP contribution in [0.15, 0.2) is 17.2 Å². The van der Waals surface area contributed by atoms with E-state index in [0.717, 1.165) is 0 Å². The smallest absolute Gasteiger partial charge is 0.267 e. The highest BCUT2D eigenvalue weighted by atomic mass is 32.2. The van der Waals surface area contributed by atoms with Gasteiger partial charge in [-0.1, -0.05) is 13.8 Å². The molecule has 0 saturated carbocycles. The van der Waals surface area contributed by atoms with Gasteiger partial charge in [0.25, 0.3) is 5.91 Å². The largest absolute Gasteiger partial charge is 0.351 e. The monoisotopic (exact) mass is 287 g/mol. The number of primary sulfonamides is 1. The molecule has 0 fully saturated rings. The van der Waals surface area contributed by atoms with Gasteiger partial charge in [0.15, 0.2) is 0 Å². The molecule has 0 radical (unpaired) electrons. The van der Waals surface area contributed by atoms with Gasteiger partial charge in [0, 0.05) is 18.8 Å². The first-order chi connectivity index (χ1) is 8.62. The van der Waals surface area contributed by atoms with Gasteiger partial charge < -0.3 is 9.88 Å². The van der Waals surface area contributed by atoms with Crippen molar-refractivity contribution >= 4 is 15.9 Å². The van der Waals surface area contributed by atoms with Crippen LogP contribution in [-0.2, 0) is 10.0 Å². The molecule has 108 valence electrons. The molecule has 0 bridgehead atoms. The zero-order valence-electron chi connectivity index (χ0n) is 11.7. The molecule has 0 unspecified atom stereocenters. The number of rotatable bonds is 5. The van der Waals surface area contributed by atoms with Crippen molar-refractivity contribution in [1.29, 1.82) is 0 Å². The van der Waals surface area contributed by atoms with E-state index in [2.05, 4.69) is 5.32 Å². The molecule has 1 amide bonds. The van der Waals surface area contributed by atoms with E-state index in [-0.39, 0.29) is 16.8 Å². The van der Waals surface area contributed by atoms with Crippen LogP contribution in [0.3, 0.4) is 0 Å². The summed E-state index contributed by atoms with van der Waals surface area (Å²) in [6.45, 7) is 8.24. The molecular formula is C12H21N3O3S. The lowest BCUT2D eigenvalue weighted by molar-refractivity contribution is 0.0938. The van der Waals surface area contributed by atoms with E-state index in [1.54, 1.807) is 4.57 Å². The van der Waals surface area contributed by atoms with Crippen LogP contribution in [-0.4, -0.2) is 25.4 Å². The van der Waals surface area contributed by atoms with E-state index in [1.807, 2.05) is 27.7 Å². The van der Waals surface area contributed by atoms with E-state index in [9.17, 15) is 13.2 Å². The summed E-state index contributed by atoms with van der Waals surface area (Å²) in [4.78, 5) is 12.0. The number of hydrogen-bond donors (Lipinski definition) is 2. The van der Waals surface area contributed by atoms with Gasteiger partial charge in [0.2, 0.25) is 10.0 Å². The van der Waals surface area contributed by atoms with Gasteiger partial charge in [-0.25, -0.2) is 13.6 Å². The minimum Gasteiger partial charge on any atom is -0.351 e. The number of carbonyl (C=O) groups is 1. The molecule has 0 aliphatic heterocycles. The van der Waals surface area contributed by atoms with Crippen LogP contribution in [0.1, 0.15) is 44.2 Å². The summed E-state index contributed by atoms with van der Waals surface area (Å²) in [5, 5.41) is 7.85. The SMILES string of the molecule is CC(C)CNC(=O)c1cc(S(N)(=O)=O)cn1C(C)C. The molecule has 0 aliphatic carbocycles. The maximum Gasteiger partial charge on any atom is 0.267 e. The number of hydrogen-bond acceptors (Lipinski definition) is 3. The molecule has 1 rings (SSSR count). The Balaban J connectivity index is 3.12. The van der Waals surface area contributed by atoms with Crippen molar-refractivity contribution in [3.63, 3.8) is 0 Å². The minimum atomic E-state index is -3.80. The predicted molar refractivity (Wildman–Crippen MR) is 73.4 cm³/mol. The summed E-state index contributed by atoms with van der Waals surface area (Å²) in [5.74, 6) is 0.0291. The zero-order chi connectivity index (χ0) is 14.8. The van der Waals surface area contributed by atoms with Crippen LogP contribution in [0.25, 0.3) is 0 Å². The van der Waals surface area contributed by atoms with Crippen LogP contribution in [0, 0.1) is 5.92 Å². The Kier molecular flexibility index (Phi) is 4.75. The van der Waals surface area contributed by atoms with Crippen molar-refractivity contribution in [1.82, 2.24) is 9.88 Å². The lowest BCUT2D eigenvalue weighted by Gasteiger charge is -2.13. The molecule has 1 heterocycles. The summed E-state index contributed by atoms with van der Waals surface area (Å²) < 4.78 is 24.3. The van der Waals surface area contributed by atoms with E-state index in [4.69, 9.17) is 5.14 Å². The van der Waals surface area contributed by atoms with Crippen molar-refractivity contribution in [3.05, 3.63) is 18.0 Å². The van der Waals surface area contributed by atoms with Gasteiger partial charge in [0.05, 0.1) is 0 Å². The summed E-state index contributed by atoms with van der Waals surface area (Å²) in [5.41, 5.74) is 0.305. The van der Waals surface area contributed by atoms with Gasteiger partial charge in [-0.2, -0.15) is 0 Å².